The number of halogens is 2. The fourth-order valence-electron chi connectivity index (χ4n) is 9.43. The molecule has 19 nitrogen and oxygen atoms in total. The molecule has 0 unspecified atom stereocenters. The van der Waals surface area contributed by atoms with Gasteiger partial charge in [0.1, 0.15) is 34.4 Å². The molecule has 23 heteroatoms. The van der Waals surface area contributed by atoms with Gasteiger partial charge in [0.2, 0.25) is 0 Å². The van der Waals surface area contributed by atoms with Gasteiger partial charge in [-0.3, -0.25) is 24.5 Å². The van der Waals surface area contributed by atoms with E-state index in [0.717, 1.165) is 11.1 Å². The predicted molar refractivity (Wildman–Crippen MR) is 300 cm³/mol. The average molecular weight is 1160 g/mol. The number of aromatic hydroxyl groups is 1. The fourth-order valence-corrected chi connectivity index (χ4v) is 10.9. The summed E-state index contributed by atoms with van der Waals surface area (Å²) >= 11 is 0. The van der Waals surface area contributed by atoms with Crippen molar-refractivity contribution in [2.75, 3.05) is 0 Å². The zero-order chi connectivity index (χ0) is 58.6. The van der Waals surface area contributed by atoms with Gasteiger partial charge in [0.05, 0.1) is 36.5 Å². The first-order valence-electron chi connectivity index (χ1n) is 25.6. The summed E-state index contributed by atoms with van der Waals surface area (Å²) in [6, 6.07) is 41.7. The van der Waals surface area contributed by atoms with Crippen molar-refractivity contribution in [3.63, 3.8) is 0 Å². The van der Waals surface area contributed by atoms with Gasteiger partial charge in [-0.2, -0.15) is 26.3 Å². The molecular weight excluding hydrogens is 1110 g/mol. The SMILES string of the molecule is CC(C)(C)OC(=O)NS(=O)(=O)Oc1c2c(c(OC(c3ccccc3)c3ccccc3)c3ncccc13)C(=O)N(Cc1ccc(F)cc1)C2.O=C1c2c(c(OS(=O)(=O)NCc3ccccn3)c3cccnc3c2O)CN1Cc1ccc(F)cc1. The summed E-state index contributed by atoms with van der Waals surface area (Å²) in [6.07, 6.45) is 2.54. The number of benzene rings is 6. The number of nitrogens with one attached hydrogen (secondary N) is 2. The number of hydrogen-bond acceptors (Lipinski definition) is 15. The highest BCUT2D eigenvalue weighted by atomic mass is 32.2. The Bertz CT molecular complexity index is 4110. The van der Waals surface area contributed by atoms with E-state index in [9.17, 15) is 45.1 Å². The van der Waals surface area contributed by atoms with Crippen molar-refractivity contribution >= 4 is 60.3 Å². The number of amides is 3. The number of ether oxygens (including phenoxy) is 2. The summed E-state index contributed by atoms with van der Waals surface area (Å²) in [4.78, 5) is 55.5. The number of carbonyl (C=O) groups excluding carboxylic acids is 3. The monoisotopic (exact) mass is 1160 g/mol. The largest absolute Gasteiger partial charge is 0.505 e. The standard InChI is InChI=1S/C36H32FN3O7S.C24H19FN4O5S/c1-36(2,3)46-35(42)39-48(43,44)47-32-27-15-10-20-38-30(27)33(45-31(24-11-6-4-7-12-24)25-13-8-5-9-14-25)29-28(32)22-40(34(29)41)21-23-16-18-26(37)19-17-23;25-16-8-6-15(7-9-16)13-29-14-19-20(24(29)31)22(30)21-18(5-3-11-27-21)23(19)34-35(32,33)28-12-17-4-1-2-10-26-17/h4-20,31H,21-22H2,1-3H3,(H,39,42);1-11,28,30H,12-14H2. The van der Waals surface area contributed by atoms with Crippen LogP contribution in [0.1, 0.15) is 86.7 Å². The second-order valence-corrected chi connectivity index (χ2v) is 22.7. The lowest BCUT2D eigenvalue weighted by Crippen LogP contribution is -2.38. The van der Waals surface area contributed by atoms with Crippen LogP contribution >= 0.6 is 0 Å². The number of phenols is 1. The molecule has 0 bridgehead atoms. The molecule has 0 atom stereocenters. The number of carbonyl (C=O) groups is 3. The third kappa shape index (κ3) is 13.0. The van der Waals surface area contributed by atoms with Crippen LogP contribution in [0.25, 0.3) is 21.8 Å². The summed E-state index contributed by atoms with van der Waals surface area (Å²) in [5, 5.41) is 11.3. The van der Waals surface area contributed by atoms with Crippen LogP contribution in [-0.4, -0.2) is 70.2 Å². The maximum Gasteiger partial charge on any atom is 0.424 e. The number of hydrogen-bond donors (Lipinski definition) is 3. The van der Waals surface area contributed by atoms with Crippen LogP contribution in [0.15, 0.2) is 170 Å². The minimum absolute atomic E-state index is 0.0188. The van der Waals surface area contributed by atoms with Gasteiger partial charge in [-0.25, -0.2) is 13.6 Å². The number of rotatable bonds is 16. The molecule has 0 radical (unpaired) electrons. The van der Waals surface area contributed by atoms with E-state index in [1.807, 2.05) is 60.7 Å². The molecule has 0 spiro atoms. The molecular formula is C60H51F2N7O12S2. The lowest BCUT2D eigenvalue weighted by atomic mass is 9.99. The Morgan fingerprint density at radius 1 is 0.602 bits per heavy atom. The first-order valence-corrected chi connectivity index (χ1v) is 28.5. The topological polar surface area (TPSA) is 246 Å². The number of pyridine rings is 3. The molecule has 0 saturated heterocycles. The first-order chi connectivity index (χ1) is 39.7. The summed E-state index contributed by atoms with van der Waals surface area (Å²) < 4.78 is 106. The van der Waals surface area contributed by atoms with Gasteiger partial charge in [-0.05, 0) is 104 Å². The predicted octanol–water partition coefficient (Wildman–Crippen LogP) is 9.89. The molecule has 11 rings (SSSR count). The highest BCUT2D eigenvalue weighted by Gasteiger charge is 2.40. The third-order valence-corrected chi connectivity index (χ3v) is 14.7. The second kappa shape index (κ2) is 23.5. The minimum Gasteiger partial charge on any atom is -0.505 e. The Morgan fingerprint density at radius 2 is 1.08 bits per heavy atom. The Labute approximate surface area is 475 Å². The molecule has 5 heterocycles. The van der Waals surface area contributed by atoms with Crippen molar-refractivity contribution in [2.24, 2.45) is 0 Å². The highest BCUT2D eigenvalue weighted by molar-refractivity contribution is 7.85. The summed E-state index contributed by atoms with van der Waals surface area (Å²) in [7, 11) is -9.13. The van der Waals surface area contributed by atoms with Crippen molar-refractivity contribution < 1.29 is 62.9 Å². The lowest BCUT2D eigenvalue weighted by Gasteiger charge is -2.23. The van der Waals surface area contributed by atoms with E-state index in [2.05, 4.69) is 19.7 Å². The molecule has 3 N–H and O–H groups in total. The number of fused-ring (bicyclic) bond motifs is 4. The van der Waals surface area contributed by atoms with E-state index < -0.39 is 61.9 Å². The summed E-state index contributed by atoms with van der Waals surface area (Å²) in [5.41, 5.74) is 3.07. The minimum atomic E-state index is -4.80. The van der Waals surface area contributed by atoms with Gasteiger partial charge in [0, 0.05) is 53.6 Å². The smallest absolute Gasteiger partial charge is 0.424 e. The third-order valence-electron chi connectivity index (χ3n) is 13.0. The lowest BCUT2D eigenvalue weighted by molar-refractivity contribution is 0.0566. The molecule has 424 valence electrons. The van der Waals surface area contributed by atoms with Crippen molar-refractivity contribution in [2.45, 2.75) is 65.2 Å². The second-order valence-electron chi connectivity index (χ2n) is 20.1. The molecule has 2 aliphatic heterocycles. The Hall–Kier alpha value is -9.58. The van der Waals surface area contributed by atoms with E-state index >= 15 is 0 Å². The van der Waals surface area contributed by atoms with E-state index in [4.69, 9.17) is 17.8 Å². The quantitative estimate of drug-likeness (QED) is 0.0815. The van der Waals surface area contributed by atoms with Crippen molar-refractivity contribution in [1.82, 2.24) is 34.2 Å². The normalized spacial score (nSPS) is 13.1. The highest BCUT2D eigenvalue weighted by Crippen LogP contribution is 2.48. The van der Waals surface area contributed by atoms with Gasteiger partial charge in [0.25, 0.3) is 11.8 Å². The number of aromatic nitrogens is 3. The molecule has 2 aliphatic rings. The molecule has 83 heavy (non-hydrogen) atoms. The van der Waals surface area contributed by atoms with E-state index in [-0.39, 0.29) is 99.8 Å². The average Bonchev–Trinajstić information content (AvgIpc) is 2.33. The van der Waals surface area contributed by atoms with Crippen LogP contribution in [0.5, 0.6) is 23.0 Å². The number of nitrogens with zero attached hydrogens (tertiary/aromatic N) is 5. The molecule has 3 aromatic heterocycles. The maximum absolute atomic E-state index is 14.3. The van der Waals surface area contributed by atoms with E-state index in [1.165, 1.54) is 52.7 Å². The van der Waals surface area contributed by atoms with E-state index in [0.29, 0.717) is 16.8 Å². The van der Waals surface area contributed by atoms with Gasteiger partial charge >= 0.3 is 26.7 Å². The van der Waals surface area contributed by atoms with Gasteiger partial charge in [0.15, 0.2) is 23.0 Å². The van der Waals surface area contributed by atoms with Crippen LogP contribution in [-0.2, 0) is 58.1 Å². The summed E-state index contributed by atoms with van der Waals surface area (Å²) in [6.45, 7) is 4.77. The summed E-state index contributed by atoms with van der Waals surface area (Å²) in [5.74, 6) is -2.32. The van der Waals surface area contributed by atoms with Gasteiger partial charge in [-0.15, -0.1) is 0 Å². The van der Waals surface area contributed by atoms with Gasteiger partial charge < -0.3 is 32.7 Å². The molecule has 0 aliphatic carbocycles. The molecule has 0 saturated carbocycles. The zero-order valence-electron chi connectivity index (χ0n) is 44.5. The molecule has 0 fully saturated rings. The number of phenolic OH excluding ortho intramolecular Hbond substituents is 1. The maximum atomic E-state index is 14.3. The molecule has 6 aromatic carbocycles. The fraction of sp³-hybridized carbons (Fsp3) is 0.167. The van der Waals surface area contributed by atoms with Gasteiger partial charge in [-0.1, -0.05) is 91.0 Å². The first kappa shape index (κ1) is 56.7. The van der Waals surface area contributed by atoms with Crippen molar-refractivity contribution in [1.29, 1.82) is 0 Å². The van der Waals surface area contributed by atoms with Crippen LogP contribution in [0.4, 0.5) is 13.6 Å². The Balaban J connectivity index is 0.000000195. The van der Waals surface area contributed by atoms with E-state index in [1.54, 1.807) is 92.2 Å². The van der Waals surface area contributed by atoms with Crippen LogP contribution in [0.3, 0.4) is 0 Å². The molecule has 9 aromatic rings. The zero-order valence-corrected chi connectivity index (χ0v) is 46.2. The Morgan fingerprint density at radius 3 is 1.61 bits per heavy atom. The van der Waals surface area contributed by atoms with Crippen molar-refractivity contribution in [3.8, 4) is 23.0 Å². The van der Waals surface area contributed by atoms with Crippen LogP contribution in [0, 0.1) is 11.6 Å². The Kier molecular flexibility index (Phi) is 16.0. The van der Waals surface area contributed by atoms with Crippen LogP contribution < -0.4 is 22.5 Å². The van der Waals surface area contributed by atoms with Crippen molar-refractivity contribution in [3.05, 3.63) is 232 Å². The van der Waals surface area contributed by atoms with Crippen LogP contribution in [0.2, 0.25) is 0 Å². The molecule has 3 amide bonds.